The second-order valence-corrected chi connectivity index (χ2v) is 7.17. The Morgan fingerprint density at radius 1 is 1.23 bits per heavy atom. The van der Waals surface area contributed by atoms with Crippen LogP contribution in [0.25, 0.3) is 0 Å². The lowest BCUT2D eigenvalue weighted by Gasteiger charge is -2.21. The zero-order valence-electron chi connectivity index (χ0n) is 15.5. The highest BCUT2D eigenvalue weighted by atomic mass is 16.3. The number of carbonyl (C=O) groups excluding carboxylic acids is 1. The first kappa shape index (κ1) is 19.9. The van der Waals surface area contributed by atoms with Gasteiger partial charge in [-0.1, -0.05) is 12.1 Å². The zero-order valence-corrected chi connectivity index (χ0v) is 15.5. The molecule has 26 heavy (non-hydrogen) atoms. The van der Waals surface area contributed by atoms with Gasteiger partial charge in [-0.05, 0) is 62.4 Å². The first-order valence-corrected chi connectivity index (χ1v) is 8.93. The van der Waals surface area contributed by atoms with E-state index < -0.39 is 5.54 Å². The summed E-state index contributed by atoms with van der Waals surface area (Å²) in [6, 6.07) is 13.4. The fourth-order valence-corrected chi connectivity index (χ4v) is 2.90. The molecule has 2 aromatic rings. The van der Waals surface area contributed by atoms with E-state index in [1.165, 1.54) is 0 Å². The van der Waals surface area contributed by atoms with Crippen molar-refractivity contribution in [2.45, 2.75) is 44.6 Å². The van der Waals surface area contributed by atoms with E-state index in [0.29, 0.717) is 24.1 Å². The van der Waals surface area contributed by atoms with Crippen LogP contribution in [0, 0.1) is 11.3 Å². The highest BCUT2D eigenvalue weighted by Gasteiger charge is 2.19. The molecule has 0 unspecified atom stereocenters. The van der Waals surface area contributed by atoms with Gasteiger partial charge < -0.3 is 15.4 Å². The Bertz CT molecular complexity index is 783. The van der Waals surface area contributed by atoms with Crippen molar-refractivity contribution in [1.29, 1.82) is 5.26 Å². The SMILES string of the molecule is Cn1c(CC[C@@](C)(N)CO)ccc1C(=O)CCCc1ccc(C#N)cc1. The molecule has 5 heteroatoms. The van der Waals surface area contributed by atoms with Gasteiger partial charge in [0.2, 0.25) is 0 Å². The summed E-state index contributed by atoms with van der Waals surface area (Å²) in [4.78, 5) is 12.5. The molecule has 2 rings (SSSR count). The molecule has 0 spiro atoms. The summed E-state index contributed by atoms with van der Waals surface area (Å²) in [5, 5.41) is 18.1. The van der Waals surface area contributed by atoms with Crippen LogP contribution in [0.15, 0.2) is 36.4 Å². The molecular formula is C21H27N3O2. The highest BCUT2D eigenvalue weighted by molar-refractivity contribution is 5.94. The minimum atomic E-state index is -0.602. The number of carbonyl (C=O) groups is 1. The zero-order chi connectivity index (χ0) is 19.2. The number of aliphatic hydroxyl groups excluding tert-OH is 1. The van der Waals surface area contributed by atoms with E-state index >= 15 is 0 Å². The normalized spacial score (nSPS) is 13.2. The number of aliphatic hydroxyl groups is 1. The molecule has 1 aromatic carbocycles. The molecule has 1 heterocycles. The molecule has 3 N–H and O–H groups in total. The summed E-state index contributed by atoms with van der Waals surface area (Å²) < 4.78 is 1.93. The molecule has 0 aliphatic rings. The Kier molecular flexibility index (Phi) is 6.73. The van der Waals surface area contributed by atoms with Crippen molar-refractivity contribution in [1.82, 2.24) is 4.57 Å². The number of nitrogens with zero attached hydrogens (tertiary/aromatic N) is 2. The van der Waals surface area contributed by atoms with E-state index in [4.69, 9.17) is 11.0 Å². The molecule has 0 fully saturated rings. The predicted molar refractivity (Wildman–Crippen MR) is 102 cm³/mol. The minimum absolute atomic E-state index is 0.0570. The summed E-state index contributed by atoms with van der Waals surface area (Å²) in [6.45, 7) is 1.77. The molecule has 138 valence electrons. The van der Waals surface area contributed by atoms with Crippen LogP contribution in [-0.2, 0) is 19.9 Å². The molecule has 0 saturated heterocycles. The van der Waals surface area contributed by atoms with Crippen molar-refractivity contribution in [2.24, 2.45) is 12.8 Å². The minimum Gasteiger partial charge on any atom is -0.394 e. The Hall–Kier alpha value is -2.42. The Balaban J connectivity index is 1.88. The molecule has 0 aliphatic heterocycles. The second-order valence-electron chi connectivity index (χ2n) is 7.17. The van der Waals surface area contributed by atoms with E-state index in [1.54, 1.807) is 12.1 Å². The van der Waals surface area contributed by atoms with Crippen molar-refractivity contribution >= 4 is 5.78 Å². The largest absolute Gasteiger partial charge is 0.394 e. The van der Waals surface area contributed by atoms with E-state index in [0.717, 1.165) is 30.5 Å². The van der Waals surface area contributed by atoms with Crippen LogP contribution >= 0.6 is 0 Å². The average molecular weight is 353 g/mol. The molecule has 0 bridgehead atoms. The van der Waals surface area contributed by atoms with Crippen LogP contribution < -0.4 is 5.73 Å². The van der Waals surface area contributed by atoms with E-state index in [1.807, 2.05) is 42.8 Å². The molecule has 0 saturated carbocycles. The van der Waals surface area contributed by atoms with Crippen molar-refractivity contribution < 1.29 is 9.90 Å². The lowest BCUT2D eigenvalue weighted by atomic mass is 9.97. The van der Waals surface area contributed by atoms with Gasteiger partial charge in [0.15, 0.2) is 5.78 Å². The third kappa shape index (κ3) is 5.29. The fraction of sp³-hybridized carbons (Fsp3) is 0.429. The van der Waals surface area contributed by atoms with Crippen LogP contribution in [0.2, 0.25) is 0 Å². The number of rotatable bonds is 9. The van der Waals surface area contributed by atoms with Crippen LogP contribution in [0.5, 0.6) is 0 Å². The van der Waals surface area contributed by atoms with Gasteiger partial charge in [0.1, 0.15) is 0 Å². The quantitative estimate of drug-likeness (QED) is 0.678. The summed E-state index contributed by atoms with van der Waals surface area (Å²) in [6.07, 6.45) is 3.46. The summed E-state index contributed by atoms with van der Waals surface area (Å²) in [5.74, 6) is 0.130. The molecule has 5 nitrogen and oxygen atoms in total. The number of aromatic nitrogens is 1. The van der Waals surface area contributed by atoms with Gasteiger partial charge in [0.05, 0.1) is 23.9 Å². The van der Waals surface area contributed by atoms with Crippen molar-refractivity contribution in [3.05, 3.63) is 58.9 Å². The maximum Gasteiger partial charge on any atom is 0.179 e. The van der Waals surface area contributed by atoms with Gasteiger partial charge in [-0.25, -0.2) is 0 Å². The smallest absolute Gasteiger partial charge is 0.179 e. The molecule has 0 radical (unpaired) electrons. The molecular weight excluding hydrogens is 326 g/mol. The molecule has 1 aromatic heterocycles. The Labute approximate surface area is 155 Å². The number of benzene rings is 1. The standard InChI is InChI=1S/C21H27N3O2/c1-21(23,15-25)13-12-18-10-11-19(24(18)2)20(26)5-3-4-16-6-8-17(14-22)9-7-16/h6-11,25H,3-5,12-13,15,23H2,1-2H3/t21-/m1/s1. The van der Waals surface area contributed by atoms with Crippen molar-refractivity contribution in [3.63, 3.8) is 0 Å². The summed E-state index contributed by atoms with van der Waals surface area (Å²) in [5.41, 5.74) is 8.92. The second kappa shape index (κ2) is 8.79. The van der Waals surface area contributed by atoms with Gasteiger partial charge in [-0.2, -0.15) is 5.26 Å². The van der Waals surface area contributed by atoms with Crippen LogP contribution in [0.3, 0.4) is 0 Å². The van der Waals surface area contributed by atoms with E-state index in [9.17, 15) is 9.90 Å². The number of hydrogen-bond acceptors (Lipinski definition) is 4. The summed E-state index contributed by atoms with van der Waals surface area (Å²) in [7, 11) is 1.90. The van der Waals surface area contributed by atoms with Gasteiger partial charge in [0, 0.05) is 24.7 Å². The highest BCUT2D eigenvalue weighted by Crippen LogP contribution is 2.16. The first-order chi connectivity index (χ1) is 12.4. The molecule has 0 aliphatic carbocycles. The van der Waals surface area contributed by atoms with E-state index in [-0.39, 0.29) is 12.4 Å². The third-order valence-electron chi connectivity index (χ3n) is 4.78. The number of aryl methyl sites for hydroxylation is 2. The number of hydrogen-bond donors (Lipinski definition) is 2. The average Bonchev–Trinajstić information content (AvgIpc) is 3.01. The van der Waals surface area contributed by atoms with Gasteiger partial charge in [-0.3, -0.25) is 4.79 Å². The summed E-state index contributed by atoms with van der Waals surface area (Å²) >= 11 is 0. The van der Waals surface area contributed by atoms with Crippen molar-refractivity contribution in [2.75, 3.05) is 6.61 Å². The van der Waals surface area contributed by atoms with E-state index in [2.05, 4.69) is 6.07 Å². The topological polar surface area (TPSA) is 92.0 Å². The number of ketones is 1. The van der Waals surface area contributed by atoms with Gasteiger partial charge >= 0.3 is 0 Å². The van der Waals surface area contributed by atoms with Crippen LogP contribution in [0.4, 0.5) is 0 Å². The first-order valence-electron chi connectivity index (χ1n) is 8.93. The maximum absolute atomic E-state index is 12.5. The lowest BCUT2D eigenvalue weighted by Crippen LogP contribution is -2.40. The van der Waals surface area contributed by atoms with Crippen LogP contribution in [-0.4, -0.2) is 27.6 Å². The number of nitriles is 1. The van der Waals surface area contributed by atoms with Gasteiger partial charge in [0.25, 0.3) is 0 Å². The maximum atomic E-state index is 12.5. The monoisotopic (exact) mass is 353 g/mol. The number of Topliss-reactive ketones (excluding diaryl/α,β-unsaturated/α-hetero) is 1. The lowest BCUT2D eigenvalue weighted by molar-refractivity contribution is 0.0972. The Morgan fingerprint density at radius 2 is 1.92 bits per heavy atom. The Morgan fingerprint density at radius 3 is 2.54 bits per heavy atom. The molecule has 0 amide bonds. The van der Waals surface area contributed by atoms with Crippen LogP contribution in [0.1, 0.15) is 53.5 Å². The predicted octanol–water partition coefficient (Wildman–Crippen LogP) is 2.74. The number of nitrogens with two attached hydrogens (primary N) is 1. The third-order valence-corrected chi connectivity index (χ3v) is 4.78. The van der Waals surface area contributed by atoms with Gasteiger partial charge in [-0.15, -0.1) is 0 Å². The fourth-order valence-electron chi connectivity index (χ4n) is 2.90. The molecule has 1 atom stereocenters. The van der Waals surface area contributed by atoms with Crippen molar-refractivity contribution in [3.8, 4) is 6.07 Å².